The van der Waals surface area contributed by atoms with Gasteiger partial charge in [-0.25, -0.2) is 14.3 Å². The van der Waals surface area contributed by atoms with Gasteiger partial charge in [0.2, 0.25) is 5.95 Å². The first-order valence-corrected chi connectivity index (χ1v) is 11.5. The Morgan fingerprint density at radius 3 is 2.82 bits per heavy atom. The largest absolute Gasteiger partial charge is 0.324 e. The number of aromatic nitrogens is 5. The van der Waals surface area contributed by atoms with Gasteiger partial charge in [-0.05, 0) is 55.3 Å². The summed E-state index contributed by atoms with van der Waals surface area (Å²) in [6.45, 7) is 7.26. The van der Waals surface area contributed by atoms with Crippen LogP contribution in [0.5, 0.6) is 0 Å². The van der Waals surface area contributed by atoms with Crippen LogP contribution in [0.25, 0.3) is 16.7 Å². The quantitative estimate of drug-likeness (QED) is 0.456. The first kappa shape index (κ1) is 22.2. The lowest BCUT2D eigenvalue weighted by molar-refractivity contribution is 0.344. The number of pyridine rings is 1. The lowest BCUT2D eigenvalue weighted by atomic mass is 9.90. The Morgan fingerprint density at radius 1 is 1.18 bits per heavy atom. The van der Waals surface area contributed by atoms with Gasteiger partial charge in [0, 0.05) is 36.6 Å². The fourth-order valence-corrected chi connectivity index (χ4v) is 4.31. The minimum absolute atomic E-state index is 0.173. The normalized spacial score (nSPS) is 13.8. The van der Waals surface area contributed by atoms with E-state index in [0.717, 1.165) is 25.2 Å². The van der Waals surface area contributed by atoms with Crippen molar-refractivity contribution in [1.29, 1.82) is 0 Å². The Balaban J connectivity index is 1.60. The van der Waals surface area contributed by atoms with Crippen molar-refractivity contribution < 1.29 is 4.39 Å². The van der Waals surface area contributed by atoms with Gasteiger partial charge in [0.15, 0.2) is 5.65 Å². The van der Waals surface area contributed by atoms with Gasteiger partial charge in [0.1, 0.15) is 12.1 Å². The molecule has 176 valence electrons. The molecule has 4 aromatic rings. The predicted octanol–water partition coefficient (Wildman–Crippen LogP) is 3.63. The van der Waals surface area contributed by atoms with Gasteiger partial charge in [0.05, 0.1) is 11.4 Å². The number of hydrogen-bond acceptors (Lipinski definition) is 6. The molecular formula is C25H28FN7O. The summed E-state index contributed by atoms with van der Waals surface area (Å²) in [6.07, 6.45) is 4.18. The molecule has 8 nitrogen and oxygen atoms in total. The van der Waals surface area contributed by atoms with E-state index >= 15 is 0 Å². The van der Waals surface area contributed by atoms with Gasteiger partial charge >= 0.3 is 0 Å². The molecule has 0 aliphatic carbocycles. The molecule has 0 unspecified atom stereocenters. The third-order valence-corrected chi connectivity index (χ3v) is 6.34. The van der Waals surface area contributed by atoms with Crippen LogP contribution in [0.15, 0.2) is 47.5 Å². The smallest absolute Gasteiger partial charge is 0.278 e. The number of rotatable bonds is 6. The van der Waals surface area contributed by atoms with Crippen LogP contribution in [0.4, 0.5) is 16.0 Å². The van der Waals surface area contributed by atoms with E-state index in [1.807, 2.05) is 19.1 Å². The zero-order valence-electron chi connectivity index (χ0n) is 19.6. The number of fused-ring (bicyclic) bond motifs is 2. The highest BCUT2D eigenvalue weighted by Gasteiger charge is 2.24. The van der Waals surface area contributed by atoms with Crippen molar-refractivity contribution >= 4 is 22.7 Å². The molecule has 0 saturated heterocycles. The van der Waals surface area contributed by atoms with Gasteiger partial charge in [-0.1, -0.05) is 19.9 Å². The number of benzene rings is 1. The second-order valence-corrected chi connectivity index (χ2v) is 9.22. The second kappa shape index (κ2) is 8.64. The van der Waals surface area contributed by atoms with Crippen molar-refractivity contribution in [3.63, 3.8) is 0 Å². The number of alkyl halides is 1. The molecule has 34 heavy (non-hydrogen) atoms. The van der Waals surface area contributed by atoms with Crippen molar-refractivity contribution in [3.8, 4) is 5.69 Å². The molecule has 2 N–H and O–H groups in total. The average Bonchev–Trinajstić information content (AvgIpc) is 3.14. The number of nitrogens with zero attached hydrogens (tertiary/aromatic N) is 5. The third kappa shape index (κ3) is 3.86. The highest BCUT2D eigenvalue weighted by atomic mass is 19.1. The van der Waals surface area contributed by atoms with E-state index in [2.05, 4.69) is 32.7 Å². The molecule has 3 aromatic heterocycles. The second-order valence-electron chi connectivity index (χ2n) is 9.22. The van der Waals surface area contributed by atoms with E-state index in [9.17, 15) is 9.18 Å². The molecule has 0 amide bonds. The zero-order chi connectivity index (χ0) is 23.9. The summed E-state index contributed by atoms with van der Waals surface area (Å²) in [7, 11) is 0. The van der Waals surface area contributed by atoms with Crippen molar-refractivity contribution in [2.75, 3.05) is 18.5 Å². The van der Waals surface area contributed by atoms with E-state index < -0.39 is 12.1 Å². The highest BCUT2D eigenvalue weighted by molar-refractivity contribution is 5.77. The Kier molecular flexibility index (Phi) is 5.65. The molecule has 1 aliphatic rings. The molecule has 0 radical (unpaired) electrons. The minimum Gasteiger partial charge on any atom is -0.324 e. The summed E-state index contributed by atoms with van der Waals surface area (Å²) in [5, 5.41) is 7.09. The molecular weight excluding hydrogens is 433 g/mol. The third-order valence-electron chi connectivity index (χ3n) is 6.34. The molecule has 0 bridgehead atoms. The minimum atomic E-state index is -0.736. The van der Waals surface area contributed by atoms with Gasteiger partial charge in [-0.15, -0.1) is 0 Å². The number of halogens is 1. The summed E-state index contributed by atoms with van der Waals surface area (Å²) in [5.41, 5.74) is 4.40. The van der Waals surface area contributed by atoms with E-state index in [-0.39, 0.29) is 5.56 Å². The van der Waals surface area contributed by atoms with Gasteiger partial charge < -0.3 is 10.6 Å². The molecule has 0 fully saturated rings. The molecule has 9 heteroatoms. The van der Waals surface area contributed by atoms with Crippen molar-refractivity contribution in [2.24, 2.45) is 0 Å². The molecule has 0 atom stereocenters. The summed E-state index contributed by atoms with van der Waals surface area (Å²) in [6, 6.07) is 9.87. The molecule has 0 spiro atoms. The summed E-state index contributed by atoms with van der Waals surface area (Å²) < 4.78 is 17.0. The fraction of sp³-hybridized carbons (Fsp3) is 0.360. The summed E-state index contributed by atoms with van der Waals surface area (Å²) in [4.78, 5) is 26.6. The molecule has 1 aromatic carbocycles. The van der Waals surface area contributed by atoms with Crippen LogP contribution in [0.3, 0.4) is 0 Å². The maximum atomic E-state index is 13.6. The van der Waals surface area contributed by atoms with Gasteiger partial charge in [-0.3, -0.25) is 14.2 Å². The number of anilines is 2. The molecule has 0 saturated carbocycles. The van der Waals surface area contributed by atoms with Crippen LogP contribution in [-0.4, -0.2) is 37.5 Å². The van der Waals surface area contributed by atoms with Gasteiger partial charge in [-0.2, -0.15) is 4.98 Å². The van der Waals surface area contributed by atoms with Crippen LogP contribution >= 0.6 is 0 Å². The lowest BCUT2D eigenvalue weighted by Gasteiger charge is -2.21. The molecule has 4 heterocycles. The Bertz CT molecular complexity index is 1420. The Hall–Kier alpha value is -3.59. The van der Waals surface area contributed by atoms with Gasteiger partial charge in [0.25, 0.3) is 5.56 Å². The molecule has 5 rings (SSSR count). The maximum Gasteiger partial charge on any atom is 0.278 e. The summed E-state index contributed by atoms with van der Waals surface area (Å²) in [5.74, 6) is 0.404. The Labute approximate surface area is 196 Å². The SMILES string of the molecule is CCn1c(=O)c2cnc(Nc3ccc4c(c3)CCNC4)nc2n1-c1ccnc(C(C)(C)CF)c1. The highest BCUT2D eigenvalue weighted by Crippen LogP contribution is 2.26. The van der Waals surface area contributed by atoms with E-state index in [0.29, 0.717) is 34.9 Å². The average molecular weight is 462 g/mol. The van der Waals surface area contributed by atoms with Crippen molar-refractivity contribution in [1.82, 2.24) is 29.6 Å². The summed E-state index contributed by atoms with van der Waals surface area (Å²) >= 11 is 0. The topological polar surface area (TPSA) is 89.7 Å². The number of hydrogen-bond donors (Lipinski definition) is 2. The fourth-order valence-electron chi connectivity index (χ4n) is 4.31. The predicted molar refractivity (Wildman–Crippen MR) is 131 cm³/mol. The lowest BCUT2D eigenvalue weighted by Crippen LogP contribution is -2.23. The van der Waals surface area contributed by atoms with Crippen LogP contribution in [0.2, 0.25) is 0 Å². The first-order valence-electron chi connectivity index (χ1n) is 11.5. The van der Waals surface area contributed by atoms with Crippen LogP contribution < -0.4 is 16.2 Å². The van der Waals surface area contributed by atoms with E-state index in [1.165, 1.54) is 11.1 Å². The van der Waals surface area contributed by atoms with Crippen molar-refractivity contribution in [3.05, 3.63) is 69.9 Å². The first-order chi connectivity index (χ1) is 16.4. The van der Waals surface area contributed by atoms with Crippen LogP contribution in [0.1, 0.15) is 37.6 Å². The van der Waals surface area contributed by atoms with E-state index in [4.69, 9.17) is 4.98 Å². The standard InChI is InChI=1S/C25H28FN7O/c1-4-32-23(34)20-14-29-24(30-18-6-5-17-13-27-9-7-16(17)11-18)31-22(20)33(32)19-8-10-28-21(12-19)25(2,3)15-26/h5-6,8,10-12,14,27H,4,7,9,13,15H2,1-3H3,(H,29,30,31). The van der Waals surface area contributed by atoms with E-state index in [1.54, 1.807) is 41.7 Å². The van der Waals surface area contributed by atoms with Crippen molar-refractivity contribution in [2.45, 2.75) is 45.7 Å². The number of nitrogens with one attached hydrogen (secondary N) is 2. The zero-order valence-corrected chi connectivity index (χ0v) is 19.6. The monoisotopic (exact) mass is 461 g/mol. The van der Waals surface area contributed by atoms with Crippen LogP contribution in [0, 0.1) is 0 Å². The molecule has 1 aliphatic heterocycles. The van der Waals surface area contributed by atoms with Crippen LogP contribution in [-0.2, 0) is 24.9 Å². The Morgan fingerprint density at radius 2 is 2.03 bits per heavy atom. The maximum absolute atomic E-state index is 13.6.